The minimum absolute atomic E-state index is 0.0462. The maximum absolute atomic E-state index is 11.9. The topological polar surface area (TPSA) is 98.7 Å². The summed E-state index contributed by atoms with van der Waals surface area (Å²) in [6, 6.07) is -0.633. The molecule has 1 aliphatic rings. The monoisotopic (exact) mass is 271 g/mol. The second-order valence-corrected chi connectivity index (χ2v) is 4.60. The van der Waals surface area contributed by atoms with Gasteiger partial charge >= 0.3 is 12.0 Å². The first-order chi connectivity index (χ1) is 9.04. The van der Waals surface area contributed by atoms with Gasteiger partial charge < -0.3 is 20.6 Å². The summed E-state index contributed by atoms with van der Waals surface area (Å²) in [5, 5.41) is 13.9. The number of likely N-dealkylation sites (tertiary alicyclic amines) is 1. The Morgan fingerprint density at radius 3 is 2.68 bits per heavy atom. The number of carboxylic acids is 1. The molecule has 0 spiro atoms. The lowest BCUT2D eigenvalue weighted by molar-refractivity contribution is -0.138. The van der Waals surface area contributed by atoms with E-state index in [1.807, 2.05) is 6.92 Å². The predicted octanol–water partition coefficient (Wildman–Crippen LogP) is 0.161. The van der Waals surface area contributed by atoms with E-state index in [9.17, 15) is 14.4 Å². The molecule has 1 saturated heterocycles. The van der Waals surface area contributed by atoms with E-state index in [4.69, 9.17) is 5.11 Å². The normalized spacial score (nSPS) is 18.2. The number of carbonyl (C=O) groups is 3. The fraction of sp³-hybridized carbons (Fsp3) is 0.750. The molecule has 0 aromatic carbocycles. The zero-order valence-electron chi connectivity index (χ0n) is 11.1. The average Bonchev–Trinajstić information content (AvgIpc) is 2.80. The van der Waals surface area contributed by atoms with E-state index >= 15 is 0 Å². The smallest absolute Gasteiger partial charge is 0.318 e. The van der Waals surface area contributed by atoms with Gasteiger partial charge in [0.25, 0.3) is 0 Å². The molecule has 3 amide bonds. The van der Waals surface area contributed by atoms with Gasteiger partial charge in [0.15, 0.2) is 0 Å². The van der Waals surface area contributed by atoms with Crippen LogP contribution in [0.3, 0.4) is 0 Å². The van der Waals surface area contributed by atoms with Crippen LogP contribution in [0.1, 0.15) is 32.6 Å². The molecule has 3 N–H and O–H groups in total. The first kappa shape index (κ1) is 15.3. The molecule has 7 nitrogen and oxygen atoms in total. The van der Waals surface area contributed by atoms with E-state index in [0.29, 0.717) is 19.5 Å². The third-order valence-electron chi connectivity index (χ3n) is 3.02. The van der Waals surface area contributed by atoms with Gasteiger partial charge in [-0.2, -0.15) is 0 Å². The lowest BCUT2D eigenvalue weighted by Crippen LogP contribution is -2.46. The summed E-state index contributed by atoms with van der Waals surface area (Å²) in [5.41, 5.74) is 0. The fourth-order valence-corrected chi connectivity index (χ4v) is 2.10. The summed E-state index contributed by atoms with van der Waals surface area (Å²) in [4.78, 5) is 35.4. The Hall–Kier alpha value is -1.79. The van der Waals surface area contributed by atoms with Crippen LogP contribution in [0.15, 0.2) is 0 Å². The molecular weight excluding hydrogens is 250 g/mol. The average molecular weight is 271 g/mol. The minimum Gasteiger partial charge on any atom is -0.481 e. The number of carboxylic acid groups (broad SMARTS) is 1. The number of nitrogens with zero attached hydrogens (tertiary/aromatic N) is 1. The van der Waals surface area contributed by atoms with E-state index < -0.39 is 5.97 Å². The SMILES string of the molecule is CCCNC(=O)CNC(=O)N1CCCC1CC(=O)O. The van der Waals surface area contributed by atoms with E-state index in [2.05, 4.69) is 10.6 Å². The van der Waals surface area contributed by atoms with Crippen molar-refractivity contribution in [3.05, 3.63) is 0 Å². The van der Waals surface area contributed by atoms with Crippen molar-refractivity contribution >= 4 is 17.9 Å². The quantitative estimate of drug-likeness (QED) is 0.641. The predicted molar refractivity (Wildman–Crippen MR) is 68.7 cm³/mol. The van der Waals surface area contributed by atoms with Gasteiger partial charge in [-0.25, -0.2) is 4.79 Å². The molecule has 0 aromatic rings. The molecule has 0 aromatic heterocycles. The molecule has 19 heavy (non-hydrogen) atoms. The molecule has 0 bridgehead atoms. The van der Waals surface area contributed by atoms with Gasteiger partial charge in [-0.15, -0.1) is 0 Å². The van der Waals surface area contributed by atoms with Crippen molar-refractivity contribution in [2.75, 3.05) is 19.6 Å². The van der Waals surface area contributed by atoms with E-state index in [1.165, 1.54) is 4.90 Å². The standard InChI is InChI=1S/C12H21N3O4/c1-2-5-13-10(16)8-14-12(19)15-6-3-4-9(15)7-11(17)18/h9H,2-8H2,1H3,(H,13,16)(H,14,19)(H,17,18). The summed E-state index contributed by atoms with van der Waals surface area (Å²) >= 11 is 0. The number of aliphatic carboxylic acids is 1. The molecule has 108 valence electrons. The zero-order chi connectivity index (χ0) is 14.3. The number of carbonyl (C=O) groups excluding carboxylic acids is 2. The Kier molecular flexibility index (Phi) is 6.11. The van der Waals surface area contributed by atoms with Gasteiger partial charge in [-0.3, -0.25) is 9.59 Å². The number of rotatable bonds is 6. The van der Waals surface area contributed by atoms with E-state index in [-0.39, 0.29) is 30.9 Å². The summed E-state index contributed by atoms with van der Waals surface area (Å²) < 4.78 is 0. The Balaban J connectivity index is 2.35. The summed E-state index contributed by atoms with van der Waals surface area (Å²) in [7, 11) is 0. The van der Waals surface area contributed by atoms with Gasteiger partial charge in [0.1, 0.15) is 0 Å². The van der Waals surface area contributed by atoms with Crippen molar-refractivity contribution in [3.8, 4) is 0 Å². The number of amides is 3. The van der Waals surface area contributed by atoms with Gasteiger partial charge in [0, 0.05) is 19.1 Å². The first-order valence-corrected chi connectivity index (χ1v) is 6.57. The van der Waals surface area contributed by atoms with Gasteiger partial charge in [-0.05, 0) is 19.3 Å². The van der Waals surface area contributed by atoms with Crippen LogP contribution in [0, 0.1) is 0 Å². The third-order valence-corrected chi connectivity index (χ3v) is 3.02. The third kappa shape index (κ3) is 5.15. The lowest BCUT2D eigenvalue weighted by Gasteiger charge is -2.23. The molecule has 0 radical (unpaired) electrons. The van der Waals surface area contributed by atoms with Crippen LogP contribution >= 0.6 is 0 Å². The molecule has 1 atom stereocenters. The van der Waals surface area contributed by atoms with Crippen LogP contribution in [0.4, 0.5) is 4.79 Å². The molecule has 0 aliphatic carbocycles. The molecule has 1 unspecified atom stereocenters. The lowest BCUT2D eigenvalue weighted by atomic mass is 10.1. The molecule has 7 heteroatoms. The largest absolute Gasteiger partial charge is 0.481 e. The Morgan fingerprint density at radius 1 is 1.32 bits per heavy atom. The zero-order valence-corrected chi connectivity index (χ0v) is 11.1. The van der Waals surface area contributed by atoms with E-state index in [1.54, 1.807) is 0 Å². The summed E-state index contributed by atoms with van der Waals surface area (Å²) in [6.07, 6.45) is 2.29. The van der Waals surface area contributed by atoms with Crippen LogP contribution in [0.2, 0.25) is 0 Å². The first-order valence-electron chi connectivity index (χ1n) is 6.57. The highest BCUT2D eigenvalue weighted by atomic mass is 16.4. The fourth-order valence-electron chi connectivity index (χ4n) is 2.10. The number of urea groups is 1. The second kappa shape index (κ2) is 7.60. The maximum Gasteiger partial charge on any atom is 0.318 e. The van der Waals surface area contributed by atoms with Crippen LogP contribution in [0.5, 0.6) is 0 Å². The van der Waals surface area contributed by atoms with Crippen LogP contribution in [-0.2, 0) is 9.59 Å². The van der Waals surface area contributed by atoms with Crippen LogP contribution in [-0.4, -0.2) is 53.6 Å². The van der Waals surface area contributed by atoms with Gasteiger partial charge in [-0.1, -0.05) is 6.92 Å². The highest BCUT2D eigenvalue weighted by molar-refractivity contribution is 5.84. The molecule has 1 heterocycles. The Morgan fingerprint density at radius 2 is 2.05 bits per heavy atom. The Labute approximate surface area is 112 Å². The van der Waals surface area contributed by atoms with E-state index in [0.717, 1.165) is 12.8 Å². The van der Waals surface area contributed by atoms with Crippen molar-refractivity contribution in [3.63, 3.8) is 0 Å². The van der Waals surface area contributed by atoms with Crippen molar-refractivity contribution in [1.29, 1.82) is 0 Å². The van der Waals surface area contributed by atoms with Gasteiger partial charge in [0.05, 0.1) is 13.0 Å². The summed E-state index contributed by atoms with van der Waals surface area (Å²) in [5.74, 6) is -1.14. The highest BCUT2D eigenvalue weighted by Gasteiger charge is 2.30. The van der Waals surface area contributed by atoms with Crippen molar-refractivity contribution in [1.82, 2.24) is 15.5 Å². The minimum atomic E-state index is -0.912. The number of nitrogens with one attached hydrogen (secondary N) is 2. The molecule has 0 saturated carbocycles. The van der Waals surface area contributed by atoms with Gasteiger partial charge in [0.2, 0.25) is 5.91 Å². The van der Waals surface area contributed by atoms with Crippen molar-refractivity contribution < 1.29 is 19.5 Å². The number of hydrogen-bond donors (Lipinski definition) is 3. The Bertz CT molecular complexity index is 346. The summed E-state index contributed by atoms with van der Waals surface area (Å²) in [6.45, 7) is 3.00. The maximum atomic E-state index is 11.9. The highest BCUT2D eigenvalue weighted by Crippen LogP contribution is 2.19. The number of hydrogen-bond acceptors (Lipinski definition) is 3. The van der Waals surface area contributed by atoms with Crippen molar-refractivity contribution in [2.45, 2.75) is 38.6 Å². The second-order valence-electron chi connectivity index (χ2n) is 4.60. The molecular formula is C12H21N3O4. The molecule has 1 fully saturated rings. The van der Waals surface area contributed by atoms with Crippen molar-refractivity contribution in [2.24, 2.45) is 0 Å². The van der Waals surface area contributed by atoms with Crippen LogP contribution < -0.4 is 10.6 Å². The molecule has 1 aliphatic heterocycles. The van der Waals surface area contributed by atoms with Crippen LogP contribution in [0.25, 0.3) is 0 Å². The molecule has 1 rings (SSSR count).